The lowest BCUT2D eigenvalue weighted by Gasteiger charge is -2.26. The van der Waals surface area contributed by atoms with Gasteiger partial charge in [-0.05, 0) is 38.3 Å². The standard InChI is InChI=1S/C13H19N3O/c1-2-14-12-10-11(6-7-15-12)13(17)16-8-4-3-5-9-16/h6-7,10H,2-5,8-9H2,1H3,(H,14,15). The molecule has 4 heteroatoms. The highest BCUT2D eigenvalue weighted by molar-refractivity contribution is 5.94. The van der Waals surface area contributed by atoms with Crippen molar-refractivity contribution in [2.75, 3.05) is 25.0 Å². The van der Waals surface area contributed by atoms with Crippen molar-refractivity contribution in [3.63, 3.8) is 0 Å². The van der Waals surface area contributed by atoms with Gasteiger partial charge in [-0.1, -0.05) is 0 Å². The van der Waals surface area contributed by atoms with E-state index in [9.17, 15) is 4.79 Å². The molecule has 1 N–H and O–H groups in total. The molecule has 1 aliphatic heterocycles. The van der Waals surface area contributed by atoms with Crippen LogP contribution < -0.4 is 5.32 Å². The number of piperidine rings is 1. The normalized spacial score (nSPS) is 15.7. The maximum absolute atomic E-state index is 12.2. The summed E-state index contributed by atoms with van der Waals surface area (Å²) in [6, 6.07) is 3.62. The quantitative estimate of drug-likeness (QED) is 0.870. The molecule has 1 aromatic heterocycles. The van der Waals surface area contributed by atoms with Gasteiger partial charge in [0.25, 0.3) is 5.91 Å². The smallest absolute Gasteiger partial charge is 0.254 e. The molecular formula is C13H19N3O. The Labute approximate surface area is 102 Å². The van der Waals surface area contributed by atoms with Crippen LogP contribution in [0.25, 0.3) is 0 Å². The zero-order valence-electron chi connectivity index (χ0n) is 10.3. The fourth-order valence-corrected chi connectivity index (χ4v) is 2.12. The fraction of sp³-hybridized carbons (Fsp3) is 0.538. The lowest BCUT2D eigenvalue weighted by Crippen LogP contribution is -2.35. The Bertz CT molecular complexity index is 386. The van der Waals surface area contributed by atoms with Gasteiger partial charge in [-0.25, -0.2) is 4.98 Å². The predicted octanol–water partition coefficient (Wildman–Crippen LogP) is 2.14. The summed E-state index contributed by atoms with van der Waals surface area (Å²) in [4.78, 5) is 18.3. The van der Waals surface area contributed by atoms with Crippen molar-refractivity contribution in [2.45, 2.75) is 26.2 Å². The first kappa shape index (κ1) is 11.9. The van der Waals surface area contributed by atoms with Crippen molar-refractivity contribution >= 4 is 11.7 Å². The Balaban J connectivity index is 2.09. The third-order valence-electron chi connectivity index (χ3n) is 3.01. The SMILES string of the molecule is CCNc1cc(C(=O)N2CCCCC2)ccn1. The van der Waals surface area contributed by atoms with Crippen LogP contribution in [0.4, 0.5) is 5.82 Å². The highest BCUT2D eigenvalue weighted by atomic mass is 16.2. The van der Waals surface area contributed by atoms with Gasteiger partial charge in [0.1, 0.15) is 5.82 Å². The van der Waals surface area contributed by atoms with Crippen LogP contribution in [0.3, 0.4) is 0 Å². The molecule has 0 aromatic carbocycles. The van der Waals surface area contributed by atoms with E-state index in [-0.39, 0.29) is 5.91 Å². The number of carbonyl (C=O) groups excluding carboxylic acids is 1. The molecule has 1 fully saturated rings. The van der Waals surface area contributed by atoms with Crippen LogP contribution in [0, 0.1) is 0 Å². The van der Waals surface area contributed by atoms with E-state index in [0.29, 0.717) is 0 Å². The molecule has 0 atom stereocenters. The molecule has 0 saturated carbocycles. The summed E-state index contributed by atoms with van der Waals surface area (Å²) in [5.41, 5.74) is 0.734. The molecule has 0 spiro atoms. The minimum absolute atomic E-state index is 0.131. The second kappa shape index (κ2) is 5.66. The number of pyridine rings is 1. The van der Waals surface area contributed by atoms with Gasteiger partial charge in [0, 0.05) is 31.4 Å². The zero-order chi connectivity index (χ0) is 12.1. The van der Waals surface area contributed by atoms with Crippen LogP contribution >= 0.6 is 0 Å². The molecule has 2 rings (SSSR count). The van der Waals surface area contributed by atoms with Crippen LogP contribution in [-0.2, 0) is 0 Å². The van der Waals surface area contributed by atoms with Gasteiger partial charge >= 0.3 is 0 Å². The van der Waals surface area contributed by atoms with E-state index < -0.39 is 0 Å². The van der Waals surface area contributed by atoms with Gasteiger partial charge in [0.05, 0.1) is 0 Å². The highest BCUT2D eigenvalue weighted by Crippen LogP contribution is 2.14. The predicted molar refractivity (Wildman–Crippen MR) is 68.2 cm³/mol. The van der Waals surface area contributed by atoms with E-state index in [1.165, 1.54) is 6.42 Å². The van der Waals surface area contributed by atoms with E-state index in [1.807, 2.05) is 17.9 Å². The van der Waals surface area contributed by atoms with Crippen LogP contribution in [0.1, 0.15) is 36.5 Å². The molecule has 4 nitrogen and oxygen atoms in total. The summed E-state index contributed by atoms with van der Waals surface area (Å²) in [5.74, 6) is 0.904. The van der Waals surface area contributed by atoms with Crippen molar-refractivity contribution in [2.24, 2.45) is 0 Å². The van der Waals surface area contributed by atoms with E-state index in [4.69, 9.17) is 0 Å². The number of hydrogen-bond donors (Lipinski definition) is 1. The molecule has 1 aromatic rings. The van der Waals surface area contributed by atoms with Crippen LogP contribution in [0.15, 0.2) is 18.3 Å². The molecule has 1 amide bonds. The van der Waals surface area contributed by atoms with Crippen LogP contribution in [-0.4, -0.2) is 35.4 Å². The number of rotatable bonds is 3. The van der Waals surface area contributed by atoms with Crippen molar-refractivity contribution < 1.29 is 4.79 Å². The topological polar surface area (TPSA) is 45.2 Å². The maximum atomic E-state index is 12.2. The van der Waals surface area contributed by atoms with Gasteiger partial charge in [-0.15, -0.1) is 0 Å². The molecule has 17 heavy (non-hydrogen) atoms. The summed E-state index contributed by atoms with van der Waals surface area (Å²) in [7, 11) is 0. The minimum Gasteiger partial charge on any atom is -0.370 e. The van der Waals surface area contributed by atoms with Crippen molar-refractivity contribution in [3.05, 3.63) is 23.9 Å². The summed E-state index contributed by atoms with van der Waals surface area (Å²) in [6.07, 6.45) is 5.17. The van der Waals surface area contributed by atoms with Crippen LogP contribution in [0.5, 0.6) is 0 Å². The average molecular weight is 233 g/mol. The Morgan fingerprint density at radius 1 is 1.41 bits per heavy atom. The summed E-state index contributed by atoms with van der Waals surface area (Å²) in [5, 5.41) is 3.12. The monoisotopic (exact) mass is 233 g/mol. The van der Waals surface area contributed by atoms with Crippen LogP contribution in [0.2, 0.25) is 0 Å². The van der Waals surface area contributed by atoms with Gasteiger partial charge < -0.3 is 10.2 Å². The number of anilines is 1. The van der Waals surface area contributed by atoms with E-state index in [0.717, 1.165) is 43.9 Å². The molecule has 92 valence electrons. The van der Waals surface area contributed by atoms with Gasteiger partial charge in [-0.3, -0.25) is 4.79 Å². The Kier molecular flexibility index (Phi) is 3.96. The molecule has 0 bridgehead atoms. The number of nitrogens with one attached hydrogen (secondary N) is 1. The fourth-order valence-electron chi connectivity index (χ4n) is 2.12. The average Bonchev–Trinajstić information content (AvgIpc) is 2.40. The number of aromatic nitrogens is 1. The number of likely N-dealkylation sites (tertiary alicyclic amines) is 1. The second-order valence-corrected chi connectivity index (χ2v) is 4.31. The summed E-state index contributed by atoms with van der Waals surface area (Å²) >= 11 is 0. The number of carbonyl (C=O) groups is 1. The largest absolute Gasteiger partial charge is 0.370 e. The molecule has 1 aliphatic rings. The Hall–Kier alpha value is -1.58. The summed E-state index contributed by atoms with van der Waals surface area (Å²) in [6.45, 7) is 4.60. The summed E-state index contributed by atoms with van der Waals surface area (Å²) < 4.78 is 0. The lowest BCUT2D eigenvalue weighted by atomic mass is 10.1. The Morgan fingerprint density at radius 2 is 2.18 bits per heavy atom. The molecular weight excluding hydrogens is 214 g/mol. The maximum Gasteiger partial charge on any atom is 0.254 e. The van der Waals surface area contributed by atoms with E-state index >= 15 is 0 Å². The molecule has 1 saturated heterocycles. The molecule has 0 unspecified atom stereocenters. The molecule has 0 radical (unpaired) electrons. The van der Waals surface area contributed by atoms with Gasteiger partial charge in [0.15, 0.2) is 0 Å². The third kappa shape index (κ3) is 2.96. The Morgan fingerprint density at radius 3 is 2.88 bits per heavy atom. The van der Waals surface area contributed by atoms with Crippen molar-refractivity contribution in [3.8, 4) is 0 Å². The van der Waals surface area contributed by atoms with E-state index in [1.54, 1.807) is 12.3 Å². The first-order valence-electron chi connectivity index (χ1n) is 6.30. The number of nitrogens with zero attached hydrogens (tertiary/aromatic N) is 2. The van der Waals surface area contributed by atoms with Gasteiger partial charge in [0.2, 0.25) is 0 Å². The third-order valence-corrected chi connectivity index (χ3v) is 3.01. The number of hydrogen-bond acceptors (Lipinski definition) is 3. The van der Waals surface area contributed by atoms with Gasteiger partial charge in [-0.2, -0.15) is 0 Å². The minimum atomic E-state index is 0.131. The first-order chi connectivity index (χ1) is 8.31. The van der Waals surface area contributed by atoms with Crippen molar-refractivity contribution in [1.82, 2.24) is 9.88 Å². The lowest BCUT2D eigenvalue weighted by molar-refractivity contribution is 0.0724. The molecule has 0 aliphatic carbocycles. The molecule has 2 heterocycles. The second-order valence-electron chi connectivity index (χ2n) is 4.31. The first-order valence-corrected chi connectivity index (χ1v) is 6.30. The van der Waals surface area contributed by atoms with Crippen molar-refractivity contribution in [1.29, 1.82) is 0 Å². The highest BCUT2D eigenvalue weighted by Gasteiger charge is 2.18. The number of amides is 1. The zero-order valence-corrected chi connectivity index (χ0v) is 10.3. The van der Waals surface area contributed by atoms with E-state index in [2.05, 4.69) is 10.3 Å².